The average molecular weight is 325 g/mol. The summed E-state index contributed by atoms with van der Waals surface area (Å²) in [4.78, 5) is 20.2. The van der Waals surface area contributed by atoms with Crippen molar-refractivity contribution in [2.45, 2.75) is 24.8 Å². The van der Waals surface area contributed by atoms with Gasteiger partial charge in [-0.05, 0) is 19.9 Å². The van der Waals surface area contributed by atoms with Crippen molar-refractivity contribution >= 4 is 31.3 Å². The monoisotopic (exact) mass is 324 g/mol. The molecule has 0 aromatic heterocycles. The van der Waals surface area contributed by atoms with Gasteiger partial charge in [0, 0.05) is 28.4 Å². The minimum absolute atomic E-state index is 0.289. The van der Waals surface area contributed by atoms with Crippen molar-refractivity contribution in [2.24, 2.45) is 0 Å². The molecule has 1 aromatic carbocycles. The number of benzene rings is 1. The highest BCUT2D eigenvalue weighted by Crippen LogP contribution is 2.28. The number of nitrogens with zero attached hydrogens (tertiary/aromatic N) is 1. The predicted molar refractivity (Wildman–Crippen MR) is 68.7 cm³/mol. The Labute approximate surface area is 118 Å². The Morgan fingerprint density at radius 3 is 2.40 bits per heavy atom. The largest absolute Gasteiger partial charge is 0.350 e. The number of hydrogen-bond donors (Lipinski definition) is 1. The summed E-state index contributed by atoms with van der Waals surface area (Å²) in [6.45, 7) is 3.27. The van der Waals surface area contributed by atoms with Crippen LogP contribution in [0.1, 0.15) is 24.2 Å². The highest BCUT2D eigenvalue weighted by molar-refractivity contribution is 8.13. The van der Waals surface area contributed by atoms with E-state index < -0.39 is 36.3 Å². The minimum atomic E-state index is -4.56. The highest BCUT2D eigenvalue weighted by Gasteiger charge is 2.28. The van der Waals surface area contributed by atoms with E-state index in [9.17, 15) is 27.7 Å². The summed E-state index contributed by atoms with van der Waals surface area (Å²) in [5.74, 6) is -2.38. The number of carbonyl (C=O) groups is 1. The normalized spacial score (nSPS) is 11.4. The SMILES string of the molecule is CC(C)NC(=O)c1cc([N+](=O)[O-])c(F)c(S(=O)(=O)Cl)c1. The third-order valence-electron chi connectivity index (χ3n) is 2.16. The molecule has 0 unspecified atom stereocenters. The van der Waals surface area contributed by atoms with Crippen molar-refractivity contribution < 1.29 is 22.5 Å². The molecule has 0 aliphatic heterocycles. The molecule has 0 saturated heterocycles. The van der Waals surface area contributed by atoms with Gasteiger partial charge in [0.05, 0.1) is 4.92 Å². The van der Waals surface area contributed by atoms with Crippen LogP contribution in [0.3, 0.4) is 0 Å². The molecule has 1 rings (SSSR count). The molecule has 1 N–H and O–H groups in total. The van der Waals surface area contributed by atoms with Crippen LogP contribution in [-0.2, 0) is 9.05 Å². The summed E-state index contributed by atoms with van der Waals surface area (Å²) >= 11 is 0. The van der Waals surface area contributed by atoms with Crippen molar-refractivity contribution in [1.82, 2.24) is 5.32 Å². The van der Waals surface area contributed by atoms with E-state index in [1.54, 1.807) is 13.8 Å². The fraction of sp³-hybridized carbons (Fsp3) is 0.300. The fourth-order valence-electron chi connectivity index (χ4n) is 1.37. The van der Waals surface area contributed by atoms with Gasteiger partial charge in [-0.2, -0.15) is 4.39 Å². The third-order valence-corrected chi connectivity index (χ3v) is 3.48. The third kappa shape index (κ3) is 3.64. The summed E-state index contributed by atoms with van der Waals surface area (Å²) in [7, 11) is 0.440. The number of amides is 1. The number of carbonyl (C=O) groups excluding carboxylic acids is 1. The first-order chi connectivity index (χ1) is 9.04. The predicted octanol–water partition coefficient (Wildman–Crippen LogP) is 1.80. The number of halogens is 2. The highest BCUT2D eigenvalue weighted by atomic mass is 35.7. The number of hydrogen-bond acceptors (Lipinski definition) is 5. The smallest absolute Gasteiger partial charge is 0.307 e. The molecule has 7 nitrogen and oxygen atoms in total. The van der Waals surface area contributed by atoms with Crippen LogP contribution in [0, 0.1) is 15.9 Å². The van der Waals surface area contributed by atoms with Crippen LogP contribution in [0.5, 0.6) is 0 Å². The molecule has 0 aliphatic rings. The standard InChI is InChI=1S/C10H10ClFN2O5S/c1-5(2)13-10(15)6-3-7(14(16)17)9(12)8(4-6)20(11,18)19/h3-5H,1-2H3,(H,13,15). The van der Waals surface area contributed by atoms with E-state index in [1.165, 1.54) is 0 Å². The Kier molecular flexibility index (Phi) is 4.66. The summed E-state index contributed by atoms with van der Waals surface area (Å²) in [5, 5.41) is 13.1. The molecule has 0 radical (unpaired) electrons. The zero-order valence-electron chi connectivity index (χ0n) is 10.4. The van der Waals surface area contributed by atoms with Gasteiger partial charge in [0.15, 0.2) is 0 Å². The molecule has 0 fully saturated rings. The fourth-order valence-corrected chi connectivity index (χ4v) is 2.29. The quantitative estimate of drug-likeness (QED) is 0.516. The van der Waals surface area contributed by atoms with Gasteiger partial charge in [-0.25, -0.2) is 8.42 Å². The lowest BCUT2D eigenvalue weighted by molar-refractivity contribution is -0.387. The van der Waals surface area contributed by atoms with Crippen molar-refractivity contribution in [2.75, 3.05) is 0 Å². The number of rotatable bonds is 4. The molecular weight excluding hydrogens is 315 g/mol. The van der Waals surface area contributed by atoms with Crippen LogP contribution < -0.4 is 5.32 Å². The summed E-state index contributed by atoms with van der Waals surface area (Å²) in [6.07, 6.45) is 0. The van der Waals surface area contributed by atoms with Crippen LogP contribution in [0.4, 0.5) is 10.1 Å². The second-order valence-corrected chi connectivity index (χ2v) is 6.66. The van der Waals surface area contributed by atoms with Gasteiger partial charge in [0.25, 0.3) is 15.0 Å². The van der Waals surface area contributed by atoms with Crippen molar-refractivity contribution in [1.29, 1.82) is 0 Å². The van der Waals surface area contributed by atoms with Gasteiger partial charge < -0.3 is 5.32 Å². The number of nitrogens with one attached hydrogen (secondary N) is 1. The molecule has 0 heterocycles. The second-order valence-electron chi connectivity index (χ2n) is 4.13. The number of nitro groups is 1. The van der Waals surface area contributed by atoms with E-state index in [0.29, 0.717) is 12.1 Å². The van der Waals surface area contributed by atoms with Crippen LogP contribution in [0.2, 0.25) is 0 Å². The van der Waals surface area contributed by atoms with Gasteiger partial charge >= 0.3 is 5.69 Å². The first-order valence-corrected chi connectivity index (χ1v) is 7.58. The Hall–Kier alpha value is -1.74. The lowest BCUT2D eigenvalue weighted by atomic mass is 10.1. The van der Waals surface area contributed by atoms with Crippen molar-refractivity contribution in [3.63, 3.8) is 0 Å². The average Bonchev–Trinajstić information content (AvgIpc) is 2.25. The molecular formula is C10H10ClFN2O5S. The lowest BCUT2D eigenvalue weighted by Crippen LogP contribution is -2.30. The van der Waals surface area contributed by atoms with E-state index in [2.05, 4.69) is 5.32 Å². The van der Waals surface area contributed by atoms with Gasteiger partial charge in [0.1, 0.15) is 4.90 Å². The van der Waals surface area contributed by atoms with Gasteiger partial charge in [-0.15, -0.1) is 0 Å². The zero-order valence-corrected chi connectivity index (χ0v) is 12.0. The Morgan fingerprint density at radius 1 is 1.45 bits per heavy atom. The van der Waals surface area contributed by atoms with Crippen LogP contribution in [0.25, 0.3) is 0 Å². The van der Waals surface area contributed by atoms with E-state index in [0.717, 1.165) is 0 Å². The lowest BCUT2D eigenvalue weighted by Gasteiger charge is -2.09. The molecule has 20 heavy (non-hydrogen) atoms. The van der Waals surface area contributed by atoms with Crippen molar-refractivity contribution in [3.05, 3.63) is 33.6 Å². The Balaban J connectivity index is 3.53. The summed E-state index contributed by atoms with van der Waals surface area (Å²) in [6, 6.07) is 1.02. The minimum Gasteiger partial charge on any atom is -0.350 e. The summed E-state index contributed by atoms with van der Waals surface area (Å²) in [5.41, 5.74) is -1.51. The molecule has 0 bridgehead atoms. The molecule has 0 aliphatic carbocycles. The molecule has 1 amide bonds. The molecule has 110 valence electrons. The van der Waals surface area contributed by atoms with E-state index in [-0.39, 0.29) is 11.6 Å². The van der Waals surface area contributed by atoms with E-state index in [4.69, 9.17) is 10.7 Å². The number of nitro benzene ring substituents is 1. The maximum Gasteiger partial charge on any atom is 0.307 e. The second kappa shape index (κ2) is 5.71. The van der Waals surface area contributed by atoms with Gasteiger partial charge in [-0.1, -0.05) is 0 Å². The zero-order chi connectivity index (χ0) is 15.7. The van der Waals surface area contributed by atoms with Crippen LogP contribution in [0.15, 0.2) is 17.0 Å². The molecule has 10 heteroatoms. The van der Waals surface area contributed by atoms with Crippen molar-refractivity contribution in [3.8, 4) is 0 Å². The first kappa shape index (κ1) is 16.3. The maximum atomic E-state index is 13.7. The van der Waals surface area contributed by atoms with Crippen LogP contribution in [-0.4, -0.2) is 25.3 Å². The first-order valence-electron chi connectivity index (χ1n) is 5.27. The van der Waals surface area contributed by atoms with Crippen LogP contribution >= 0.6 is 10.7 Å². The molecule has 0 atom stereocenters. The summed E-state index contributed by atoms with van der Waals surface area (Å²) < 4.78 is 36.1. The molecule has 1 aromatic rings. The molecule has 0 saturated carbocycles. The van der Waals surface area contributed by atoms with E-state index in [1.807, 2.05) is 0 Å². The van der Waals surface area contributed by atoms with E-state index >= 15 is 0 Å². The maximum absolute atomic E-state index is 13.7. The topological polar surface area (TPSA) is 106 Å². The van der Waals surface area contributed by atoms with Gasteiger partial charge in [-0.3, -0.25) is 14.9 Å². The Bertz CT molecular complexity index is 674. The molecule has 0 spiro atoms. The Morgan fingerprint density at radius 2 is 2.00 bits per heavy atom. The van der Waals surface area contributed by atoms with Gasteiger partial charge in [0.2, 0.25) is 5.82 Å².